The Morgan fingerprint density at radius 3 is 2.76 bits per heavy atom. The average Bonchev–Trinajstić information content (AvgIpc) is 2.63. The van der Waals surface area contributed by atoms with Gasteiger partial charge in [-0.25, -0.2) is 9.00 Å². The molecule has 0 bridgehead atoms. The summed E-state index contributed by atoms with van der Waals surface area (Å²) in [5, 5.41) is 0.368. The minimum atomic E-state index is -1.64. The molecule has 128 valence electrons. The van der Waals surface area contributed by atoms with Gasteiger partial charge >= 0.3 is 5.97 Å². The number of nitrogens with zero attached hydrogens (tertiary/aromatic N) is 1. The van der Waals surface area contributed by atoms with Crippen molar-refractivity contribution < 1.29 is 13.7 Å². The first-order valence-corrected chi connectivity index (χ1v) is 8.67. The highest BCUT2D eigenvalue weighted by molar-refractivity contribution is 7.86. The van der Waals surface area contributed by atoms with Gasteiger partial charge in [0.25, 0.3) is 5.56 Å². The van der Waals surface area contributed by atoms with Crippen LogP contribution in [0.4, 0.5) is 5.69 Å². The molecule has 0 amide bonds. The average molecular weight is 357 g/mol. The zero-order valence-electron chi connectivity index (χ0n) is 13.3. The molecule has 0 radical (unpaired) electrons. The van der Waals surface area contributed by atoms with Crippen LogP contribution in [0.1, 0.15) is 17.3 Å². The number of ether oxygens (including phenoxy) is 1. The molecule has 2 aromatic heterocycles. The fourth-order valence-corrected chi connectivity index (χ4v) is 3.22. The number of rotatable bonds is 5. The third kappa shape index (κ3) is 3.58. The van der Waals surface area contributed by atoms with Gasteiger partial charge in [0.1, 0.15) is 4.90 Å². The summed E-state index contributed by atoms with van der Waals surface area (Å²) >= 11 is 0. The number of fused-ring (bicyclic) bond motifs is 1. The predicted octanol–water partition coefficient (Wildman–Crippen LogP) is 2.23. The first-order valence-electron chi connectivity index (χ1n) is 7.52. The Morgan fingerprint density at radius 1 is 1.28 bits per heavy atom. The summed E-state index contributed by atoms with van der Waals surface area (Å²) in [6.07, 6.45) is 2.92. The monoisotopic (exact) mass is 357 g/mol. The molecule has 0 aliphatic rings. The van der Waals surface area contributed by atoms with E-state index in [0.717, 1.165) is 0 Å². The van der Waals surface area contributed by atoms with Gasteiger partial charge < -0.3 is 14.4 Å². The van der Waals surface area contributed by atoms with Crippen molar-refractivity contribution in [3.8, 4) is 0 Å². The second-order valence-electron chi connectivity index (χ2n) is 5.05. The number of hydrogen-bond donors (Lipinski definition) is 2. The summed E-state index contributed by atoms with van der Waals surface area (Å²) in [5.74, 6) is -0.411. The second kappa shape index (κ2) is 7.27. The zero-order valence-corrected chi connectivity index (χ0v) is 14.1. The number of anilines is 1. The summed E-state index contributed by atoms with van der Waals surface area (Å²) < 4.78 is 20.3. The largest absolute Gasteiger partial charge is 0.462 e. The first kappa shape index (κ1) is 16.8. The van der Waals surface area contributed by atoms with Gasteiger partial charge in [0, 0.05) is 18.1 Å². The van der Waals surface area contributed by atoms with E-state index in [9.17, 15) is 13.8 Å². The maximum Gasteiger partial charge on any atom is 0.338 e. The molecule has 0 aliphatic heterocycles. The molecule has 1 atom stereocenters. The highest BCUT2D eigenvalue weighted by atomic mass is 32.2. The number of nitrogens with one attached hydrogen (secondary N) is 2. The van der Waals surface area contributed by atoms with Crippen LogP contribution in [0.2, 0.25) is 0 Å². The third-order valence-electron chi connectivity index (χ3n) is 3.43. The predicted molar refractivity (Wildman–Crippen MR) is 94.8 cm³/mol. The van der Waals surface area contributed by atoms with E-state index in [1.54, 1.807) is 43.3 Å². The van der Waals surface area contributed by atoms with Gasteiger partial charge in [0.15, 0.2) is 11.0 Å². The van der Waals surface area contributed by atoms with Crippen LogP contribution >= 0.6 is 0 Å². The molecule has 0 fully saturated rings. The van der Waals surface area contributed by atoms with Gasteiger partial charge in [-0.1, -0.05) is 0 Å². The van der Waals surface area contributed by atoms with Crippen molar-refractivity contribution in [1.29, 1.82) is 0 Å². The Hall–Kier alpha value is -3.00. The first-order chi connectivity index (χ1) is 12.1. The van der Waals surface area contributed by atoms with E-state index >= 15 is 0 Å². The van der Waals surface area contributed by atoms with Crippen molar-refractivity contribution in [3.05, 3.63) is 64.7 Å². The smallest absolute Gasteiger partial charge is 0.338 e. The molecule has 0 aliphatic carbocycles. The van der Waals surface area contributed by atoms with Crippen LogP contribution in [0.5, 0.6) is 0 Å². The van der Waals surface area contributed by atoms with Crippen molar-refractivity contribution in [2.75, 3.05) is 11.3 Å². The lowest BCUT2D eigenvalue weighted by atomic mass is 10.2. The zero-order chi connectivity index (χ0) is 17.8. The van der Waals surface area contributed by atoms with Gasteiger partial charge in [0.05, 0.1) is 23.1 Å². The molecule has 0 spiro atoms. The summed E-state index contributed by atoms with van der Waals surface area (Å²) in [5.41, 5.74) is 1.05. The third-order valence-corrected chi connectivity index (χ3v) is 4.56. The molecule has 25 heavy (non-hydrogen) atoms. The minimum absolute atomic E-state index is 0.289. The van der Waals surface area contributed by atoms with Crippen molar-refractivity contribution in [1.82, 2.24) is 9.97 Å². The van der Waals surface area contributed by atoms with Crippen molar-refractivity contribution in [2.24, 2.45) is 0 Å². The number of benzene rings is 1. The Balaban J connectivity index is 1.85. The highest BCUT2D eigenvalue weighted by Gasteiger charge is 2.13. The molecular weight excluding hydrogens is 342 g/mol. The summed E-state index contributed by atoms with van der Waals surface area (Å²) in [7, 11) is -1.64. The molecule has 7 nitrogen and oxygen atoms in total. The maximum absolute atomic E-state index is 12.6. The maximum atomic E-state index is 12.6. The molecule has 3 rings (SSSR count). The van der Waals surface area contributed by atoms with E-state index in [1.807, 2.05) is 0 Å². The Labute approximate surface area is 145 Å². The van der Waals surface area contributed by atoms with E-state index in [-0.39, 0.29) is 5.56 Å². The van der Waals surface area contributed by atoms with E-state index in [2.05, 4.69) is 14.7 Å². The number of carbonyl (C=O) groups is 1. The van der Waals surface area contributed by atoms with Crippen molar-refractivity contribution in [2.45, 2.75) is 11.8 Å². The van der Waals surface area contributed by atoms with Crippen molar-refractivity contribution in [3.63, 3.8) is 0 Å². The molecule has 8 heteroatoms. The van der Waals surface area contributed by atoms with Gasteiger partial charge in [-0.05, 0) is 43.3 Å². The molecule has 3 aromatic rings. The number of aromatic nitrogens is 2. The van der Waals surface area contributed by atoms with Gasteiger partial charge in [-0.2, -0.15) is 0 Å². The van der Waals surface area contributed by atoms with Crippen LogP contribution in [0.15, 0.2) is 58.5 Å². The lowest BCUT2D eigenvalue weighted by molar-refractivity contribution is 0.0526. The summed E-state index contributed by atoms with van der Waals surface area (Å²) in [4.78, 5) is 30.5. The lowest BCUT2D eigenvalue weighted by Gasteiger charge is -2.08. The Kier molecular flexibility index (Phi) is 4.90. The Morgan fingerprint density at radius 2 is 2.04 bits per heavy atom. The van der Waals surface area contributed by atoms with Crippen LogP contribution in [0, 0.1) is 0 Å². The van der Waals surface area contributed by atoms with Crippen LogP contribution in [0.3, 0.4) is 0 Å². The fourth-order valence-electron chi connectivity index (χ4n) is 2.25. The van der Waals surface area contributed by atoms with Crippen molar-refractivity contribution >= 4 is 33.5 Å². The van der Waals surface area contributed by atoms with Crippen LogP contribution in [-0.4, -0.2) is 26.8 Å². The molecule has 2 N–H and O–H groups in total. The van der Waals surface area contributed by atoms with E-state index in [1.165, 1.54) is 12.4 Å². The minimum Gasteiger partial charge on any atom is -0.462 e. The highest BCUT2D eigenvalue weighted by Crippen LogP contribution is 2.18. The Bertz CT molecular complexity index is 999. The number of H-pyrrole nitrogens is 1. The van der Waals surface area contributed by atoms with Gasteiger partial charge in [0.2, 0.25) is 0 Å². The van der Waals surface area contributed by atoms with Crippen LogP contribution in [0.25, 0.3) is 10.9 Å². The van der Waals surface area contributed by atoms with Crippen LogP contribution in [-0.2, 0) is 15.7 Å². The summed E-state index contributed by atoms with van der Waals surface area (Å²) in [6, 6.07) is 9.69. The quantitative estimate of drug-likeness (QED) is 0.682. The SMILES string of the molecule is CCOC(=O)c1ccc(NS(=O)c2c[nH]c(=O)c3cccnc23)cc1. The standard InChI is InChI=1S/C17H15N3O4S/c1-2-24-17(22)11-5-7-12(8-6-11)20-25(23)14-10-19-16(21)13-4-3-9-18-15(13)14/h3-10,20H,2H2,1H3,(H,19,21). The number of pyridine rings is 2. The number of esters is 1. The topological polar surface area (TPSA) is 101 Å². The molecular formula is C17H15N3O4S. The molecule has 1 aromatic carbocycles. The molecule has 0 saturated heterocycles. The van der Waals surface area contributed by atoms with E-state index in [4.69, 9.17) is 4.74 Å². The molecule has 0 saturated carbocycles. The normalized spacial score (nSPS) is 11.9. The number of aromatic amines is 1. The second-order valence-corrected chi connectivity index (χ2v) is 6.23. The van der Waals surface area contributed by atoms with Gasteiger partial charge in [-0.15, -0.1) is 0 Å². The van der Waals surface area contributed by atoms with E-state index < -0.39 is 17.0 Å². The van der Waals surface area contributed by atoms with E-state index in [0.29, 0.717) is 33.7 Å². The fraction of sp³-hybridized carbons (Fsp3) is 0.118. The molecule has 1 unspecified atom stereocenters. The molecule has 2 heterocycles. The van der Waals surface area contributed by atoms with Gasteiger partial charge in [-0.3, -0.25) is 9.78 Å². The number of carbonyl (C=O) groups excluding carboxylic acids is 1. The lowest BCUT2D eigenvalue weighted by Crippen LogP contribution is -2.12. The number of hydrogen-bond acceptors (Lipinski definition) is 5. The van der Waals surface area contributed by atoms with Crippen LogP contribution < -0.4 is 10.3 Å². The summed E-state index contributed by atoms with van der Waals surface area (Å²) in [6.45, 7) is 2.04.